The summed E-state index contributed by atoms with van der Waals surface area (Å²) in [5.74, 6) is 0.928. The van der Waals surface area contributed by atoms with E-state index < -0.39 is 0 Å². The number of rotatable bonds is 5. The minimum atomic E-state index is 0.273. The van der Waals surface area contributed by atoms with E-state index in [4.69, 9.17) is 5.73 Å². The zero-order chi connectivity index (χ0) is 17.9. The van der Waals surface area contributed by atoms with Gasteiger partial charge in [0.05, 0.1) is 12.6 Å². The summed E-state index contributed by atoms with van der Waals surface area (Å²) in [7, 11) is 0. The summed E-state index contributed by atoms with van der Waals surface area (Å²) in [6, 6.07) is 22.6. The minimum Gasteiger partial charge on any atom is -0.508 e. The fraction of sp³-hybridized carbons (Fsp3) is 0.227. The van der Waals surface area contributed by atoms with Gasteiger partial charge in [0.15, 0.2) is 5.96 Å². The molecule has 0 radical (unpaired) electrons. The van der Waals surface area contributed by atoms with E-state index in [1.807, 2.05) is 12.1 Å². The van der Waals surface area contributed by atoms with Crippen molar-refractivity contribution < 1.29 is 5.11 Å². The summed E-state index contributed by atoms with van der Waals surface area (Å²) in [5, 5.41) is 12.0. The normalized spacial score (nSPS) is 16.8. The SMILES string of the molecule is NC1=NC[C@H](Cc2ccc(O)cc2)N1CCc1cccc2ccccc12. The van der Waals surface area contributed by atoms with Gasteiger partial charge in [-0.3, -0.25) is 4.99 Å². The van der Waals surface area contributed by atoms with Crippen molar-refractivity contribution in [2.45, 2.75) is 18.9 Å². The van der Waals surface area contributed by atoms with Gasteiger partial charge in [0, 0.05) is 6.54 Å². The fourth-order valence-corrected chi connectivity index (χ4v) is 3.70. The average Bonchev–Trinajstić information content (AvgIpc) is 3.01. The maximum absolute atomic E-state index is 9.46. The third-order valence-corrected chi connectivity index (χ3v) is 5.11. The first kappa shape index (κ1) is 16.5. The van der Waals surface area contributed by atoms with Crippen molar-refractivity contribution in [1.29, 1.82) is 0 Å². The molecule has 0 fully saturated rings. The Labute approximate surface area is 153 Å². The van der Waals surface area contributed by atoms with E-state index in [-0.39, 0.29) is 6.04 Å². The summed E-state index contributed by atoms with van der Waals surface area (Å²) in [6.45, 7) is 1.58. The smallest absolute Gasteiger partial charge is 0.191 e. The van der Waals surface area contributed by atoms with Gasteiger partial charge >= 0.3 is 0 Å². The van der Waals surface area contributed by atoms with Crippen molar-refractivity contribution in [3.05, 3.63) is 77.9 Å². The van der Waals surface area contributed by atoms with Crippen LogP contribution in [0.25, 0.3) is 10.8 Å². The Morgan fingerprint density at radius 3 is 2.62 bits per heavy atom. The fourth-order valence-electron chi connectivity index (χ4n) is 3.70. The van der Waals surface area contributed by atoms with E-state index in [1.165, 1.54) is 21.9 Å². The molecule has 4 nitrogen and oxygen atoms in total. The predicted octanol–water partition coefficient (Wildman–Crippen LogP) is 3.33. The van der Waals surface area contributed by atoms with E-state index in [9.17, 15) is 5.11 Å². The first-order valence-electron chi connectivity index (χ1n) is 9.02. The lowest BCUT2D eigenvalue weighted by atomic mass is 10.0. The zero-order valence-electron chi connectivity index (χ0n) is 14.7. The summed E-state index contributed by atoms with van der Waals surface area (Å²) in [6.07, 6.45) is 1.81. The van der Waals surface area contributed by atoms with Crippen molar-refractivity contribution in [3.63, 3.8) is 0 Å². The van der Waals surface area contributed by atoms with Crippen molar-refractivity contribution in [3.8, 4) is 5.75 Å². The van der Waals surface area contributed by atoms with Crippen molar-refractivity contribution in [2.24, 2.45) is 10.7 Å². The number of aromatic hydroxyl groups is 1. The maximum Gasteiger partial charge on any atom is 0.191 e. The van der Waals surface area contributed by atoms with E-state index >= 15 is 0 Å². The van der Waals surface area contributed by atoms with E-state index in [0.29, 0.717) is 11.7 Å². The molecule has 1 aliphatic rings. The second-order valence-electron chi connectivity index (χ2n) is 6.80. The van der Waals surface area contributed by atoms with Crippen LogP contribution in [0, 0.1) is 0 Å². The molecule has 0 aromatic heterocycles. The first-order chi connectivity index (χ1) is 12.7. The summed E-state index contributed by atoms with van der Waals surface area (Å²) in [4.78, 5) is 6.68. The molecule has 4 heteroatoms. The highest BCUT2D eigenvalue weighted by Gasteiger charge is 2.25. The molecule has 26 heavy (non-hydrogen) atoms. The molecule has 0 bridgehead atoms. The summed E-state index contributed by atoms with van der Waals surface area (Å²) >= 11 is 0. The molecule has 0 saturated carbocycles. The van der Waals surface area contributed by atoms with Crippen LogP contribution in [-0.2, 0) is 12.8 Å². The highest BCUT2D eigenvalue weighted by molar-refractivity contribution is 5.86. The third kappa shape index (κ3) is 3.36. The molecule has 0 spiro atoms. The average molecular weight is 345 g/mol. The quantitative estimate of drug-likeness (QED) is 0.746. The molecule has 3 N–H and O–H groups in total. The highest BCUT2D eigenvalue weighted by atomic mass is 16.3. The lowest BCUT2D eigenvalue weighted by molar-refractivity contribution is 0.341. The number of phenolic OH excluding ortho intramolecular Hbond substituents is 1. The second-order valence-corrected chi connectivity index (χ2v) is 6.80. The number of fused-ring (bicyclic) bond motifs is 1. The molecule has 1 atom stereocenters. The molecule has 3 aromatic carbocycles. The molecule has 0 unspecified atom stereocenters. The number of benzene rings is 3. The number of aliphatic imine (C=N–C) groups is 1. The van der Waals surface area contributed by atoms with E-state index in [2.05, 4.69) is 52.4 Å². The van der Waals surface area contributed by atoms with Crippen LogP contribution in [0.5, 0.6) is 5.75 Å². The van der Waals surface area contributed by atoms with Crippen LogP contribution in [0.15, 0.2) is 71.7 Å². The van der Waals surface area contributed by atoms with Crippen molar-refractivity contribution in [2.75, 3.05) is 13.1 Å². The van der Waals surface area contributed by atoms with Gasteiger partial charge in [0.2, 0.25) is 0 Å². The second kappa shape index (κ2) is 7.08. The summed E-state index contributed by atoms with van der Waals surface area (Å²) in [5.41, 5.74) is 8.69. The molecule has 0 saturated heterocycles. The zero-order valence-corrected chi connectivity index (χ0v) is 14.7. The molecule has 1 heterocycles. The number of nitrogens with zero attached hydrogens (tertiary/aromatic N) is 2. The van der Waals surface area contributed by atoms with Crippen LogP contribution in [0.2, 0.25) is 0 Å². The van der Waals surface area contributed by atoms with E-state index in [1.54, 1.807) is 12.1 Å². The molecule has 1 aliphatic heterocycles. The van der Waals surface area contributed by atoms with Gasteiger partial charge in [-0.2, -0.15) is 0 Å². The maximum atomic E-state index is 9.46. The Bertz CT molecular complexity index is 928. The standard InChI is InChI=1S/C22H23N3O/c23-22-24-15-19(14-16-8-10-20(26)11-9-16)25(22)13-12-18-6-3-5-17-4-1-2-7-21(17)18/h1-11,19,26H,12-15H2,(H2,23,24)/t19-/m0/s1. The lowest BCUT2D eigenvalue weighted by Crippen LogP contribution is -2.43. The molecule has 4 rings (SSSR count). The molecule has 132 valence electrons. The Morgan fingerprint density at radius 1 is 1.00 bits per heavy atom. The van der Waals surface area contributed by atoms with Gasteiger partial charge in [0.1, 0.15) is 5.75 Å². The number of hydrogen-bond acceptors (Lipinski definition) is 4. The van der Waals surface area contributed by atoms with Crippen LogP contribution in [0.1, 0.15) is 11.1 Å². The Morgan fingerprint density at radius 2 is 1.77 bits per heavy atom. The predicted molar refractivity (Wildman–Crippen MR) is 106 cm³/mol. The number of guanidine groups is 1. The molecule has 0 aliphatic carbocycles. The lowest BCUT2D eigenvalue weighted by Gasteiger charge is -2.26. The van der Waals surface area contributed by atoms with Gasteiger partial charge in [-0.25, -0.2) is 0 Å². The largest absolute Gasteiger partial charge is 0.508 e. The van der Waals surface area contributed by atoms with Crippen LogP contribution in [-0.4, -0.2) is 35.1 Å². The minimum absolute atomic E-state index is 0.273. The third-order valence-electron chi connectivity index (χ3n) is 5.11. The molecule has 0 amide bonds. The Hall–Kier alpha value is -3.01. The van der Waals surface area contributed by atoms with Gasteiger partial charge < -0.3 is 15.7 Å². The van der Waals surface area contributed by atoms with Gasteiger partial charge in [-0.15, -0.1) is 0 Å². The van der Waals surface area contributed by atoms with Crippen LogP contribution in [0.4, 0.5) is 0 Å². The topological polar surface area (TPSA) is 61.9 Å². The molecular weight excluding hydrogens is 322 g/mol. The number of hydrogen-bond donors (Lipinski definition) is 2. The first-order valence-corrected chi connectivity index (χ1v) is 9.02. The van der Waals surface area contributed by atoms with Crippen LogP contribution in [0.3, 0.4) is 0 Å². The monoisotopic (exact) mass is 345 g/mol. The van der Waals surface area contributed by atoms with Gasteiger partial charge in [0.25, 0.3) is 0 Å². The Kier molecular flexibility index (Phi) is 4.48. The van der Waals surface area contributed by atoms with Crippen molar-refractivity contribution in [1.82, 2.24) is 4.90 Å². The van der Waals surface area contributed by atoms with Crippen molar-refractivity contribution >= 4 is 16.7 Å². The summed E-state index contributed by atoms with van der Waals surface area (Å²) < 4.78 is 0. The van der Waals surface area contributed by atoms with Gasteiger partial charge in [-0.05, 0) is 46.9 Å². The van der Waals surface area contributed by atoms with Gasteiger partial charge in [-0.1, -0.05) is 54.6 Å². The number of phenols is 1. The molecular formula is C22H23N3O. The highest BCUT2D eigenvalue weighted by Crippen LogP contribution is 2.21. The number of nitrogens with two attached hydrogens (primary N) is 1. The van der Waals surface area contributed by atoms with Crippen LogP contribution >= 0.6 is 0 Å². The molecule has 3 aromatic rings. The van der Waals surface area contributed by atoms with Crippen LogP contribution < -0.4 is 5.73 Å². The Balaban J connectivity index is 1.48. The van der Waals surface area contributed by atoms with E-state index in [0.717, 1.165) is 25.9 Å².